The Labute approximate surface area is 248 Å². The Morgan fingerprint density at radius 2 is 1.71 bits per heavy atom. The molecule has 1 aliphatic rings. The Morgan fingerprint density at radius 1 is 0.976 bits per heavy atom. The first-order valence-electron chi connectivity index (χ1n) is 13.5. The van der Waals surface area contributed by atoms with Crippen LogP contribution in [0.1, 0.15) is 54.8 Å². The van der Waals surface area contributed by atoms with E-state index in [1.807, 2.05) is 69.3 Å². The van der Waals surface area contributed by atoms with Crippen molar-refractivity contribution in [2.45, 2.75) is 39.4 Å². The fourth-order valence-corrected chi connectivity index (χ4v) is 5.41. The van der Waals surface area contributed by atoms with E-state index in [9.17, 15) is 24.6 Å². The summed E-state index contributed by atoms with van der Waals surface area (Å²) in [5.74, 6) is -2.68. The topological polar surface area (TPSA) is 116 Å². The number of rotatable bonds is 6. The molecule has 8 nitrogen and oxygen atoms in total. The monoisotopic (exact) mass is 586 g/mol. The van der Waals surface area contributed by atoms with Gasteiger partial charge in [0.1, 0.15) is 23.5 Å². The number of aromatic hydroxyl groups is 1. The summed E-state index contributed by atoms with van der Waals surface area (Å²) >= 11 is 6.49. The van der Waals surface area contributed by atoms with Gasteiger partial charge in [-0.3, -0.25) is 9.59 Å². The average molecular weight is 587 g/mol. The molecule has 9 heteroatoms. The van der Waals surface area contributed by atoms with Crippen molar-refractivity contribution < 1.29 is 29.3 Å². The van der Waals surface area contributed by atoms with E-state index in [0.29, 0.717) is 22.8 Å². The average Bonchev–Trinajstić information content (AvgIpc) is 3.03. The zero-order valence-corrected chi connectivity index (χ0v) is 24.2. The van der Waals surface area contributed by atoms with Crippen LogP contribution in [-0.4, -0.2) is 40.6 Å². The molecule has 1 aliphatic heterocycles. The second-order valence-electron chi connectivity index (χ2n) is 11.6. The second-order valence-corrected chi connectivity index (χ2v) is 12.0. The number of hydrogen-bond donors (Lipinski definition) is 3. The number of hydrogen-bond acceptors (Lipinski definition) is 5. The molecule has 5 rings (SSSR count). The summed E-state index contributed by atoms with van der Waals surface area (Å²) in [6.45, 7) is 6.44. The van der Waals surface area contributed by atoms with E-state index in [1.54, 1.807) is 17.0 Å². The van der Waals surface area contributed by atoms with Crippen molar-refractivity contribution in [1.29, 1.82) is 0 Å². The zero-order chi connectivity index (χ0) is 30.2. The van der Waals surface area contributed by atoms with Crippen molar-refractivity contribution in [3.63, 3.8) is 0 Å². The smallest absolute Gasteiger partial charge is 0.339 e. The number of halogens is 1. The van der Waals surface area contributed by atoms with Crippen molar-refractivity contribution in [3.05, 3.63) is 101 Å². The number of carbonyl (C=O) groups excluding carboxylic acids is 2. The first-order chi connectivity index (χ1) is 19.9. The Bertz CT molecular complexity index is 1690. The minimum Gasteiger partial charge on any atom is -0.507 e. The van der Waals surface area contributed by atoms with Crippen LogP contribution < -0.4 is 10.2 Å². The lowest BCUT2D eigenvalue weighted by Crippen LogP contribution is -2.44. The molecule has 0 radical (unpaired) electrons. The predicted molar refractivity (Wildman–Crippen MR) is 162 cm³/mol. The maximum Gasteiger partial charge on any atom is 0.339 e. The number of nitrogens with one attached hydrogen (secondary N) is 1. The molecule has 4 aromatic rings. The highest BCUT2D eigenvalue weighted by molar-refractivity contribution is 6.30. The lowest BCUT2D eigenvalue weighted by Gasteiger charge is -2.31. The summed E-state index contributed by atoms with van der Waals surface area (Å²) in [6, 6.07) is 22.8. The van der Waals surface area contributed by atoms with Crippen LogP contribution in [0.5, 0.6) is 5.75 Å². The molecule has 2 atom stereocenters. The Balaban J connectivity index is 1.57. The lowest BCUT2D eigenvalue weighted by molar-refractivity contribution is -0.136. The molecule has 3 N–H and O–H groups in total. The van der Waals surface area contributed by atoms with Crippen molar-refractivity contribution in [3.8, 4) is 5.75 Å². The lowest BCUT2D eigenvalue weighted by atomic mass is 9.93. The number of fused-ring (bicyclic) bond motifs is 2. The normalized spacial score (nSPS) is 17.0. The molecule has 0 saturated heterocycles. The van der Waals surface area contributed by atoms with Crippen LogP contribution in [0.2, 0.25) is 5.02 Å². The van der Waals surface area contributed by atoms with E-state index in [2.05, 4.69) is 5.32 Å². The highest BCUT2D eigenvalue weighted by Crippen LogP contribution is 2.42. The van der Waals surface area contributed by atoms with Gasteiger partial charge in [0, 0.05) is 28.5 Å². The number of carboxylic acid groups (broad SMARTS) is 1. The van der Waals surface area contributed by atoms with E-state index in [0.717, 1.165) is 22.4 Å². The maximum absolute atomic E-state index is 14.2. The molecule has 0 aliphatic carbocycles. The molecule has 2 unspecified atom stereocenters. The molecule has 4 aromatic carbocycles. The van der Waals surface area contributed by atoms with Gasteiger partial charge in [-0.25, -0.2) is 4.79 Å². The van der Waals surface area contributed by atoms with Crippen LogP contribution in [-0.2, 0) is 14.3 Å². The van der Waals surface area contributed by atoms with Gasteiger partial charge in [0.15, 0.2) is 0 Å². The Kier molecular flexibility index (Phi) is 7.95. The molecule has 0 bridgehead atoms. The third-order valence-electron chi connectivity index (χ3n) is 7.02. The standard InChI is InChI=1S/C33H31ClN2O6/c1-33(2,3)18-36-26-13-11-20(34)15-24(26)30(23-10-6-8-19-7-4-5-9-22(19)23)42-28(31(36)39)17-29(38)35-21-12-14-27(37)25(16-21)32(40)41/h4-16,28,30,37H,17-18H2,1-3H3,(H,35,38)(H,40,41). The highest BCUT2D eigenvalue weighted by Gasteiger charge is 2.39. The maximum atomic E-state index is 14.2. The van der Waals surface area contributed by atoms with Gasteiger partial charge in [-0.1, -0.05) is 74.8 Å². The number of ether oxygens (including phenoxy) is 1. The number of amides is 2. The first kappa shape index (κ1) is 29.1. The third kappa shape index (κ3) is 6.10. The number of phenols is 1. The minimum absolute atomic E-state index is 0.170. The number of anilines is 2. The first-order valence-corrected chi connectivity index (χ1v) is 13.9. The molecule has 216 valence electrons. The van der Waals surface area contributed by atoms with Crippen LogP contribution >= 0.6 is 11.6 Å². The van der Waals surface area contributed by atoms with Gasteiger partial charge in [-0.2, -0.15) is 0 Å². The molecular weight excluding hydrogens is 556 g/mol. The van der Waals surface area contributed by atoms with Gasteiger partial charge in [-0.05, 0) is 58.1 Å². The summed E-state index contributed by atoms with van der Waals surface area (Å²) in [6.07, 6.45) is -2.21. The van der Waals surface area contributed by atoms with Crippen LogP contribution in [0.4, 0.5) is 11.4 Å². The molecule has 2 amide bonds. The summed E-state index contributed by atoms with van der Waals surface area (Å²) < 4.78 is 6.59. The zero-order valence-electron chi connectivity index (χ0n) is 23.4. The van der Waals surface area contributed by atoms with E-state index in [4.69, 9.17) is 16.3 Å². The number of carbonyl (C=O) groups is 3. The summed E-state index contributed by atoms with van der Waals surface area (Å²) in [4.78, 5) is 40.6. The fraction of sp³-hybridized carbons (Fsp3) is 0.242. The van der Waals surface area contributed by atoms with E-state index in [1.165, 1.54) is 12.1 Å². The quantitative estimate of drug-likeness (QED) is 0.214. The van der Waals surface area contributed by atoms with Crippen LogP contribution in [0.15, 0.2) is 78.9 Å². The molecule has 1 heterocycles. The molecule has 42 heavy (non-hydrogen) atoms. The van der Waals surface area contributed by atoms with Crippen molar-refractivity contribution in [2.75, 3.05) is 16.8 Å². The Morgan fingerprint density at radius 3 is 2.45 bits per heavy atom. The number of aromatic carboxylic acids is 1. The van der Waals surface area contributed by atoms with Crippen molar-refractivity contribution in [2.24, 2.45) is 5.41 Å². The fourth-order valence-electron chi connectivity index (χ4n) is 5.23. The van der Waals surface area contributed by atoms with Crippen LogP contribution in [0.3, 0.4) is 0 Å². The summed E-state index contributed by atoms with van der Waals surface area (Å²) in [7, 11) is 0. The minimum atomic E-state index is -1.34. The third-order valence-corrected chi connectivity index (χ3v) is 7.26. The van der Waals surface area contributed by atoms with Crippen molar-refractivity contribution >= 4 is 51.5 Å². The van der Waals surface area contributed by atoms with Gasteiger partial charge in [-0.15, -0.1) is 0 Å². The highest BCUT2D eigenvalue weighted by atomic mass is 35.5. The van der Waals surface area contributed by atoms with Gasteiger partial charge >= 0.3 is 5.97 Å². The van der Waals surface area contributed by atoms with Crippen LogP contribution in [0, 0.1) is 5.41 Å². The molecule has 0 aromatic heterocycles. The molecule has 0 fully saturated rings. The summed E-state index contributed by atoms with van der Waals surface area (Å²) in [5.41, 5.74) is 1.74. The van der Waals surface area contributed by atoms with Gasteiger partial charge in [0.25, 0.3) is 5.91 Å². The molecular formula is C33H31ClN2O6. The molecule has 0 spiro atoms. The van der Waals surface area contributed by atoms with E-state index < -0.39 is 29.8 Å². The van der Waals surface area contributed by atoms with E-state index in [-0.39, 0.29) is 29.0 Å². The second kappa shape index (κ2) is 11.5. The van der Waals surface area contributed by atoms with Crippen molar-refractivity contribution in [1.82, 2.24) is 0 Å². The summed E-state index contributed by atoms with van der Waals surface area (Å²) in [5, 5.41) is 24.3. The van der Waals surface area contributed by atoms with Crippen LogP contribution in [0.25, 0.3) is 10.8 Å². The van der Waals surface area contributed by atoms with Gasteiger partial charge in [0.05, 0.1) is 6.42 Å². The van der Waals surface area contributed by atoms with E-state index >= 15 is 0 Å². The number of benzene rings is 4. The largest absolute Gasteiger partial charge is 0.507 e. The van der Waals surface area contributed by atoms with Gasteiger partial charge in [0.2, 0.25) is 5.91 Å². The van der Waals surface area contributed by atoms with Gasteiger partial charge < -0.3 is 25.2 Å². The number of carboxylic acids is 1. The Hall–Kier alpha value is -4.40. The molecule has 0 saturated carbocycles. The number of nitrogens with zero attached hydrogens (tertiary/aromatic N) is 1. The predicted octanol–water partition coefficient (Wildman–Crippen LogP) is 6.79. The SMILES string of the molecule is CC(C)(C)CN1C(=O)C(CC(=O)Nc2ccc(O)c(C(=O)O)c2)OC(c2cccc3ccccc23)c2cc(Cl)ccc21.